The van der Waals surface area contributed by atoms with E-state index in [0.29, 0.717) is 13.2 Å². The Balaban J connectivity index is 1.95. The van der Waals surface area contributed by atoms with Gasteiger partial charge in [-0.3, -0.25) is 0 Å². The summed E-state index contributed by atoms with van der Waals surface area (Å²) >= 11 is 0. The van der Waals surface area contributed by atoms with Gasteiger partial charge in [-0.05, 0) is 25.2 Å². The van der Waals surface area contributed by atoms with Crippen LogP contribution in [0.3, 0.4) is 0 Å². The van der Waals surface area contributed by atoms with Crippen LogP contribution < -0.4 is 15.2 Å². The van der Waals surface area contributed by atoms with E-state index < -0.39 is 0 Å². The Bertz CT molecular complexity index is 412. The molecule has 19 heavy (non-hydrogen) atoms. The van der Waals surface area contributed by atoms with Crippen molar-refractivity contribution >= 4 is 0 Å². The molecule has 5 nitrogen and oxygen atoms in total. The van der Waals surface area contributed by atoms with Crippen molar-refractivity contribution in [3.05, 3.63) is 23.8 Å². The fourth-order valence-electron chi connectivity index (χ4n) is 2.13. The van der Waals surface area contributed by atoms with Gasteiger partial charge in [-0.15, -0.1) is 0 Å². The maximum atomic E-state index is 5.83. The zero-order valence-electron chi connectivity index (χ0n) is 11.6. The van der Waals surface area contributed by atoms with E-state index in [4.69, 9.17) is 19.9 Å². The van der Waals surface area contributed by atoms with Gasteiger partial charge >= 0.3 is 0 Å². The van der Waals surface area contributed by atoms with Gasteiger partial charge in [-0.25, -0.2) is 0 Å². The van der Waals surface area contributed by atoms with Crippen molar-refractivity contribution in [1.29, 1.82) is 0 Å². The molecule has 2 rings (SSSR count). The molecular formula is C14H22N2O3. The van der Waals surface area contributed by atoms with Gasteiger partial charge in [0.05, 0.1) is 13.7 Å². The van der Waals surface area contributed by atoms with E-state index in [1.165, 1.54) is 0 Å². The third-order valence-electron chi connectivity index (χ3n) is 3.25. The zero-order chi connectivity index (χ0) is 13.7. The van der Waals surface area contributed by atoms with Crippen molar-refractivity contribution in [1.82, 2.24) is 4.90 Å². The molecule has 1 atom stereocenters. The topological polar surface area (TPSA) is 57.0 Å². The van der Waals surface area contributed by atoms with Gasteiger partial charge in [-0.1, -0.05) is 0 Å². The number of hydrogen-bond acceptors (Lipinski definition) is 5. The Labute approximate surface area is 114 Å². The molecule has 0 bridgehead atoms. The Hall–Kier alpha value is -1.30. The number of likely N-dealkylation sites (N-methyl/N-ethyl adjacent to an activating group) is 1. The second-order valence-electron chi connectivity index (χ2n) is 4.74. The second-order valence-corrected chi connectivity index (χ2v) is 4.74. The fourth-order valence-corrected chi connectivity index (χ4v) is 2.13. The average molecular weight is 266 g/mol. The largest absolute Gasteiger partial charge is 0.497 e. The summed E-state index contributed by atoms with van der Waals surface area (Å²) in [7, 11) is 3.73. The second kappa shape index (κ2) is 6.75. The van der Waals surface area contributed by atoms with Crippen LogP contribution in [0.1, 0.15) is 5.56 Å². The first kappa shape index (κ1) is 14.1. The lowest BCUT2D eigenvalue weighted by Crippen LogP contribution is -2.42. The number of ether oxygens (including phenoxy) is 3. The predicted molar refractivity (Wildman–Crippen MR) is 73.6 cm³/mol. The highest BCUT2D eigenvalue weighted by atomic mass is 16.5. The summed E-state index contributed by atoms with van der Waals surface area (Å²) in [6.45, 7) is 3.61. The summed E-state index contributed by atoms with van der Waals surface area (Å²) in [4.78, 5) is 2.25. The number of hydrogen-bond donors (Lipinski definition) is 1. The molecule has 1 aromatic rings. The van der Waals surface area contributed by atoms with Crippen molar-refractivity contribution in [2.24, 2.45) is 5.73 Å². The standard InChI is InChI=1S/C14H22N2O3/c1-16-5-6-18-13(9-16)10-19-14-4-3-12(17-2)7-11(14)8-15/h3-4,7,13H,5-6,8-10,15H2,1-2H3. The van der Waals surface area contributed by atoms with Gasteiger partial charge in [0, 0.05) is 25.2 Å². The lowest BCUT2D eigenvalue weighted by molar-refractivity contribution is -0.0404. The lowest BCUT2D eigenvalue weighted by Gasteiger charge is -2.30. The summed E-state index contributed by atoms with van der Waals surface area (Å²) in [6.07, 6.45) is 0.117. The van der Waals surface area contributed by atoms with Crippen LogP contribution >= 0.6 is 0 Å². The molecule has 1 aliphatic rings. The van der Waals surface area contributed by atoms with E-state index in [0.717, 1.165) is 36.8 Å². The van der Waals surface area contributed by atoms with Crippen LogP contribution in [0, 0.1) is 0 Å². The third kappa shape index (κ3) is 3.83. The molecule has 5 heteroatoms. The zero-order valence-corrected chi connectivity index (χ0v) is 11.6. The van der Waals surface area contributed by atoms with Crippen LogP contribution in [-0.2, 0) is 11.3 Å². The minimum absolute atomic E-state index is 0.117. The molecule has 0 aromatic heterocycles. The molecule has 1 heterocycles. The van der Waals surface area contributed by atoms with Crippen LogP contribution in [0.4, 0.5) is 0 Å². The molecule has 1 fully saturated rings. The molecule has 1 saturated heterocycles. The molecule has 1 unspecified atom stereocenters. The van der Waals surface area contributed by atoms with Gasteiger partial charge in [0.15, 0.2) is 0 Å². The van der Waals surface area contributed by atoms with Gasteiger partial charge in [0.1, 0.15) is 24.2 Å². The molecule has 0 aliphatic carbocycles. The maximum Gasteiger partial charge on any atom is 0.124 e. The summed E-state index contributed by atoms with van der Waals surface area (Å²) in [5.74, 6) is 1.60. The van der Waals surface area contributed by atoms with Gasteiger partial charge in [-0.2, -0.15) is 0 Å². The molecule has 0 saturated carbocycles. The summed E-state index contributed by atoms with van der Waals surface area (Å²) in [6, 6.07) is 5.68. The average Bonchev–Trinajstić information content (AvgIpc) is 2.45. The smallest absolute Gasteiger partial charge is 0.124 e. The summed E-state index contributed by atoms with van der Waals surface area (Å²) < 4.78 is 16.7. The summed E-state index contributed by atoms with van der Waals surface area (Å²) in [5, 5.41) is 0. The lowest BCUT2D eigenvalue weighted by atomic mass is 10.2. The molecule has 1 aromatic carbocycles. The number of benzene rings is 1. The Morgan fingerprint density at radius 1 is 1.47 bits per heavy atom. The molecule has 1 aliphatic heterocycles. The van der Waals surface area contributed by atoms with E-state index in [1.807, 2.05) is 18.2 Å². The Morgan fingerprint density at radius 2 is 2.32 bits per heavy atom. The highest BCUT2D eigenvalue weighted by Gasteiger charge is 2.18. The number of nitrogens with two attached hydrogens (primary N) is 1. The molecule has 106 valence electrons. The van der Waals surface area contributed by atoms with Crippen LogP contribution in [0.15, 0.2) is 18.2 Å². The first-order valence-corrected chi connectivity index (χ1v) is 6.53. The van der Waals surface area contributed by atoms with Crippen molar-refractivity contribution in [2.45, 2.75) is 12.6 Å². The number of methoxy groups -OCH3 is 1. The van der Waals surface area contributed by atoms with E-state index in [9.17, 15) is 0 Å². The van der Waals surface area contributed by atoms with Gasteiger partial charge in [0.2, 0.25) is 0 Å². The number of rotatable bonds is 5. The highest BCUT2D eigenvalue weighted by molar-refractivity contribution is 5.40. The third-order valence-corrected chi connectivity index (χ3v) is 3.25. The molecule has 2 N–H and O–H groups in total. The van der Waals surface area contributed by atoms with Crippen LogP contribution in [0.2, 0.25) is 0 Å². The summed E-state index contributed by atoms with van der Waals surface area (Å²) in [5.41, 5.74) is 6.68. The first-order valence-electron chi connectivity index (χ1n) is 6.53. The van der Waals surface area contributed by atoms with E-state index in [2.05, 4.69) is 11.9 Å². The van der Waals surface area contributed by atoms with Crippen molar-refractivity contribution in [2.75, 3.05) is 40.5 Å². The van der Waals surface area contributed by atoms with Gasteiger partial charge in [0.25, 0.3) is 0 Å². The maximum absolute atomic E-state index is 5.83. The van der Waals surface area contributed by atoms with E-state index in [1.54, 1.807) is 7.11 Å². The quantitative estimate of drug-likeness (QED) is 0.857. The Morgan fingerprint density at radius 3 is 3.00 bits per heavy atom. The Kier molecular flexibility index (Phi) is 5.01. The van der Waals surface area contributed by atoms with E-state index in [-0.39, 0.29) is 6.10 Å². The van der Waals surface area contributed by atoms with Crippen LogP contribution in [0.5, 0.6) is 11.5 Å². The monoisotopic (exact) mass is 266 g/mol. The van der Waals surface area contributed by atoms with Crippen LogP contribution in [0.25, 0.3) is 0 Å². The molecule has 0 spiro atoms. The first-order chi connectivity index (χ1) is 9.22. The van der Waals surface area contributed by atoms with Crippen LogP contribution in [-0.4, -0.2) is 51.5 Å². The highest BCUT2D eigenvalue weighted by Crippen LogP contribution is 2.24. The molecular weight excluding hydrogens is 244 g/mol. The predicted octanol–water partition coefficient (Wildman–Crippen LogP) is 0.863. The number of nitrogens with zero attached hydrogens (tertiary/aromatic N) is 1. The normalized spacial score (nSPS) is 20.3. The van der Waals surface area contributed by atoms with Crippen molar-refractivity contribution < 1.29 is 14.2 Å². The molecule has 0 radical (unpaired) electrons. The minimum Gasteiger partial charge on any atom is -0.497 e. The SMILES string of the molecule is COc1ccc(OCC2CN(C)CCO2)c(CN)c1. The molecule has 0 amide bonds. The minimum atomic E-state index is 0.117. The van der Waals surface area contributed by atoms with E-state index >= 15 is 0 Å². The van der Waals surface area contributed by atoms with Crippen molar-refractivity contribution in [3.8, 4) is 11.5 Å². The van der Waals surface area contributed by atoms with Crippen molar-refractivity contribution in [3.63, 3.8) is 0 Å². The fraction of sp³-hybridized carbons (Fsp3) is 0.571. The van der Waals surface area contributed by atoms with Gasteiger partial charge < -0.3 is 24.8 Å². The number of morpholine rings is 1.